The molecule has 0 atom stereocenters. The molecule has 2 aromatic rings. The molecular weight excluding hydrogens is 284 g/mol. The van der Waals surface area contributed by atoms with Crippen LogP contribution in [0, 0.1) is 19.3 Å². The Morgan fingerprint density at radius 1 is 1.17 bits per heavy atom. The van der Waals surface area contributed by atoms with E-state index in [2.05, 4.69) is 29.4 Å². The second-order valence-corrected chi connectivity index (χ2v) is 6.73. The number of pyridine rings is 1. The van der Waals surface area contributed by atoms with E-state index < -0.39 is 0 Å². The van der Waals surface area contributed by atoms with Gasteiger partial charge in [-0.3, -0.25) is 4.79 Å². The maximum atomic E-state index is 12.4. The molecule has 1 aromatic heterocycles. The Morgan fingerprint density at radius 2 is 1.83 bits per heavy atom. The highest BCUT2D eigenvalue weighted by Gasteiger charge is 2.25. The van der Waals surface area contributed by atoms with Gasteiger partial charge in [-0.05, 0) is 49.4 Å². The number of anilines is 1. The quantitative estimate of drug-likeness (QED) is 0.872. The third-order valence-electron chi connectivity index (χ3n) is 4.60. The first kappa shape index (κ1) is 17.2. The molecule has 0 aliphatic rings. The summed E-state index contributed by atoms with van der Waals surface area (Å²) in [6, 6.07) is 12.4. The maximum absolute atomic E-state index is 12.4. The molecule has 0 saturated carbocycles. The van der Waals surface area contributed by atoms with Gasteiger partial charge in [0, 0.05) is 11.1 Å². The molecule has 0 radical (unpaired) electrons. The number of hydrogen-bond acceptors (Lipinski definition) is 2. The van der Waals surface area contributed by atoms with Gasteiger partial charge in [0.1, 0.15) is 5.82 Å². The van der Waals surface area contributed by atoms with Crippen molar-refractivity contribution >= 4 is 11.7 Å². The Bertz CT molecular complexity index is 690. The average Bonchev–Trinajstić information content (AvgIpc) is 2.53. The van der Waals surface area contributed by atoms with Crippen LogP contribution in [-0.2, 0) is 11.2 Å². The molecule has 0 fully saturated rings. The summed E-state index contributed by atoms with van der Waals surface area (Å²) in [6.45, 7) is 10.0. The zero-order valence-corrected chi connectivity index (χ0v) is 14.7. The number of nitrogens with zero attached hydrogens (tertiary/aromatic N) is 1. The molecule has 0 aliphatic carbocycles. The lowest BCUT2D eigenvalue weighted by Gasteiger charge is -2.22. The number of carbonyl (C=O) groups excluding carboxylic acids is 1. The summed E-state index contributed by atoms with van der Waals surface area (Å²) in [7, 11) is 0. The first-order chi connectivity index (χ1) is 10.8. The molecule has 0 unspecified atom stereocenters. The fourth-order valence-electron chi connectivity index (χ4n) is 2.31. The Labute approximate surface area is 139 Å². The van der Waals surface area contributed by atoms with Crippen LogP contribution in [0.4, 0.5) is 5.82 Å². The van der Waals surface area contributed by atoms with Gasteiger partial charge in [0.15, 0.2) is 0 Å². The Kier molecular flexibility index (Phi) is 5.19. The van der Waals surface area contributed by atoms with Crippen LogP contribution in [0.2, 0.25) is 0 Å². The molecule has 1 aromatic carbocycles. The van der Waals surface area contributed by atoms with Crippen molar-refractivity contribution < 1.29 is 4.79 Å². The monoisotopic (exact) mass is 310 g/mol. The fraction of sp³-hybridized carbons (Fsp3) is 0.400. The SMILES string of the molecule is CCC(C)(C)C(=O)Nc1cc(Cc2ccccc2)c(C)c(C)n1. The fourth-order valence-corrected chi connectivity index (χ4v) is 2.31. The number of hydrogen-bond donors (Lipinski definition) is 1. The smallest absolute Gasteiger partial charge is 0.231 e. The van der Waals surface area contributed by atoms with E-state index in [1.807, 2.05) is 52.0 Å². The van der Waals surface area contributed by atoms with Gasteiger partial charge in [-0.25, -0.2) is 4.98 Å². The predicted molar refractivity (Wildman–Crippen MR) is 95.7 cm³/mol. The van der Waals surface area contributed by atoms with Crippen molar-refractivity contribution in [1.82, 2.24) is 4.98 Å². The van der Waals surface area contributed by atoms with Crippen molar-refractivity contribution in [1.29, 1.82) is 0 Å². The van der Waals surface area contributed by atoms with Gasteiger partial charge in [0.2, 0.25) is 5.91 Å². The van der Waals surface area contributed by atoms with Crippen LogP contribution in [-0.4, -0.2) is 10.9 Å². The molecule has 2 rings (SSSR count). The highest BCUT2D eigenvalue weighted by Crippen LogP contribution is 2.24. The number of aryl methyl sites for hydroxylation is 1. The van der Waals surface area contributed by atoms with Crippen LogP contribution >= 0.6 is 0 Å². The molecule has 0 aliphatic heterocycles. The van der Waals surface area contributed by atoms with E-state index in [1.165, 1.54) is 16.7 Å². The Hall–Kier alpha value is -2.16. The lowest BCUT2D eigenvalue weighted by molar-refractivity contribution is -0.124. The van der Waals surface area contributed by atoms with Crippen molar-refractivity contribution in [3.8, 4) is 0 Å². The minimum atomic E-state index is -0.389. The predicted octanol–water partition coefficient (Wildman–Crippen LogP) is 4.66. The standard InChI is InChI=1S/C20H26N2O/c1-6-20(4,5)19(23)22-18-13-17(14(2)15(3)21-18)12-16-10-8-7-9-11-16/h7-11,13H,6,12H2,1-5H3,(H,21,22,23). The van der Waals surface area contributed by atoms with Crippen LogP contribution in [0.1, 0.15) is 49.6 Å². The third kappa shape index (κ3) is 4.19. The van der Waals surface area contributed by atoms with E-state index in [4.69, 9.17) is 0 Å². The van der Waals surface area contributed by atoms with Crippen LogP contribution in [0.5, 0.6) is 0 Å². The minimum Gasteiger partial charge on any atom is -0.310 e. The molecule has 3 heteroatoms. The van der Waals surface area contributed by atoms with Crippen LogP contribution < -0.4 is 5.32 Å². The summed E-state index contributed by atoms with van der Waals surface area (Å²) in [5.74, 6) is 0.659. The first-order valence-corrected chi connectivity index (χ1v) is 8.16. The van der Waals surface area contributed by atoms with Crippen molar-refractivity contribution in [2.24, 2.45) is 5.41 Å². The number of amides is 1. The van der Waals surface area contributed by atoms with Gasteiger partial charge < -0.3 is 5.32 Å². The molecule has 1 heterocycles. The largest absolute Gasteiger partial charge is 0.310 e. The zero-order chi connectivity index (χ0) is 17.0. The highest BCUT2D eigenvalue weighted by molar-refractivity contribution is 5.94. The van der Waals surface area contributed by atoms with Gasteiger partial charge in [-0.15, -0.1) is 0 Å². The second-order valence-electron chi connectivity index (χ2n) is 6.73. The summed E-state index contributed by atoms with van der Waals surface area (Å²) < 4.78 is 0. The number of carbonyl (C=O) groups is 1. The maximum Gasteiger partial charge on any atom is 0.231 e. The Balaban J connectivity index is 2.28. The average molecular weight is 310 g/mol. The summed E-state index contributed by atoms with van der Waals surface area (Å²) in [4.78, 5) is 16.9. The first-order valence-electron chi connectivity index (χ1n) is 8.16. The Morgan fingerprint density at radius 3 is 2.43 bits per heavy atom. The van der Waals surface area contributed by atoms with E-state index in [0.717, 1.165) is 18.5 Å². The van der Waals surface area contributed by atoms with E-state index >= 15 is 0 Å². The van der Waals surface area contributed by atoms with Crippen LogP contribution in [0.15, 0.2) is 36.4 Å². The van der Waals surface area contributed by atoms with Crippen LogP contribution in [0.25, 0.3) is 0 Å². The van der Waals surface area contributed by atoms with Crippen molar-refractivity contribution in [3.63, 3.8) is 0 Å². The normalized spacial score (nSPS) is 11.3. The van der Waals surface area contributed by atoms with Crippen molar-refractivity contribution in [3.05, 3.63) is 58.8 Å². The number of aromatic nitrogens is 1. The molecule has 23 heavy (non-hydrogen) atoms. The highest BCUT2D eigenvalue weighted by atomic mass is 16.2. The summed E-state index contributed by atoms with van der Waals surface area (Å²) in [5, 5.41) is 2.98. The number of benzene rings is 1. The third-order valence-corrected chi connectivity index (χ3v) is 4.60. The van der Waals surface area contributed by atoms with Gasteiger partial charge in [0.25, 0.3) is 0 Å². The number of rotatable bonds is 5. The molecule has 3 nitrogen and oxygen atoms in total. The molecule has 0 spiro atoms. The second kappa shape index (κ2) is 6.95. The van der Waals surface area contributed by atoms with Crippen LogP contribution in [0.3, 0.4) is 0 Å². The lowest BCUT2D eigenvalue weighted by Crippen LogP contribution is -2.30. The van der Waals surface area contributed by atoms with E-state index in [0.29, 0.717) is 5.82 Å². The summed E-state index contributed by atoms with van der Waals surface area (Å²) in [5.41, 5.74) is 4.21. The molecular formula is C20H26N2O. The molecule has 0 saturated heterocycles. The summed E-state index contributed by atoms with van der Waals surface area (Å²) in [6.07, 6.45) is 1.64. The van der Waals surface area contributed by atoms with Gasteiger partial charge in [-0.2, -0.15) is 0 Å². The van der Waals surface area contributed by atoms with Gasteiger partial charge in [-0.1, -0.05) is 51.1 Å². The molecule has 0 bridgehead atoms. The minimum absolute atomic E-state index is 0.0152. The van der Waals surface area contributed by atoms with Crippen molar-refractivity contribution in [2.45, 2.75) is 47.5 Å². The van der Waals surface area contributed by atoms with E-state index in [1.54, 1.807) is 0 Å². The molecule has 122 valence electrons. The number of nitrogens with one attached hydrogen (secondary N) is 1. The van der Waals surface area contributed by atoms with Crippen molar-refractivity contribution in [2.75, 3.05) is 5.32 Å². The van der Waals surface area contributed by atoms with E-state index in [9.17, 15) is 4.79 Å². The van der Waals surface area contributed by atoms with Gasteiger partial charge >= 0.3 is 0 Å². The zero-order valence-electron chi connectivity index (χ0n) is 14.7. The molecule has 1 N–H and O–H groups in total. The topological polar surface area (TPSA) is 42.0 Å². The van der Waals surface area contributed by atoms with E-state index in [-0.39, 0.29) is 11.3 Å². The van der Waals surface area contributed by atoms with Gasteiger partial charge in [0.05, 0.1) is 0 Å². The summed E-state index contributed by atoms with van der Waals surface area (Å²) >= 11 is 0. The molecule has 1 amide bonds. The lowest BCUT2D eigenvalue weighted by atomic mass is 9.89.